The number of hydrogen-bond donors (Lipinski definition) is 0. The van der Waals surface area contributed by atoms with Crippen LogP contribution in [0.5, 0.6) is 0 Å². The average Bonchev–Trinajstić information content (AvgIpc) is 3.02. The van der Waals surface area contributed by atoms with E-state index in [1.807, 2.05) is 52.0 Å². The number of carbonyl (C=O) groups is 1. The molecule has 25 heavy (non-hydrogen) atoms. The van der Waals surface area contributed by atoms with E-state index in [9.17, 15) is 4.79 Å². The van der Waals surface area contributed by atoms with Crippen LogP contribution in [0.2, 0.25) is 0 Å². The van der Waals surface area contributed by atoms with Crippen molar-refractivity contribution < 1.29 is 9.53 Å². The Morgan fingerprint density at radius 1 is 1.20 bits per heavy atom. The van der Waals surface area contributed by atoms with Gasteiger partial charge < -0.3 is 9.64 Å². The van der Waals surface area contributed by atoms with Crippen LogP contribution in [0.3, 0.4) is 0 Å². The minimum Gasteiger partial charge on any atom is -0.383 e. The zero-order valence-electron chi connectivity index (χ0n) is 14.3. The molecule has 1 amide bonds. The minimum absolute atomic E-state index is 0.0439. The van der Waals surface area contributed by atoms with Gasteiger partial charge in [0, 0.05) is 25.4 Å². The van der Waals surface area contributed by atoms with E-state index in [0.717, 1.165) is 29.4 Å². The fourth-order valence-corrected chi connectivity index (χ4v) is 3.52. The molecule has 1 aromatic heterocycles. The second-order valence-electron chi connectivity index (χ2n) is 6.44. The third-order valence-electron chi connectivity index (χ3n) is 4.87. The van der Waals surface area contributed by atoms with Gasteiger partial charge in [-0.25, -0.2) is 0 Å². The van der Waals surface area contributed by atoms with Crippen LogP contribution in [0.4, 0.5) is 0 Å². The number of amides is 1. The molecule has 5 nitrogen and oxygen atoms in total. The molecule has 0 N–H and O–H groups in total. The van der Waals surface area contributed by atoms with Gasteiger partial charge in [-0.3, -0.25) is 9.48 Å². The van der Waals surface area contributed by atoms with Crippen molar-refractivity contribution in [1.82, 2.24) is 14.7 Å². The van der Waals surface area contributed by atoms with E-state index in [1.54, 1.807) is 13.3 Å². The SMILES string of the molecule is COCC1CCn2nccc2CN1C(=O)c1ccc2ccccc2c1. The largest absolute Gasteiger partial charge is 0.383 e. The van der Waals surface area contributed by atoms with Crippen molar-refractivity contribution in [2.75, 3.05) is 13.7 Å². The molecule has 128 valence electrons. The number of aryl methyl sites for hydroxylation is 1. The van der Waals surface area contributed by atoms with E-state index < -0.39 is 0 Å². The van der Waals surface area contributed by atoms with Gasteiger partial charge in [0.05, 0.1) is 24.9 Å². The molecular weight excluding hydrogens is 314 g/mol. The molecule has 5 heteroatoms. The maximum absolute atomic E-state index is 13.3. The van der Waals surface area contributed by atoms with Crippen LogP contribution in [0.25, 0.3) is 10.8 Å². The Labute approximate surface area is 146 Å². The number of rotatable bonds is 3. The topological polar surface area (TPSA) is 47.4 Å². The van der Waals surface area contributed by atoms with Crippen molar-refractivity contribution in [2.45, 2.75) is 25.6 Å². The lowest BCUT2D eigenvalue weighted by Crippen LogP contribution is -2.41. The Morgan fingerprint density at radius 2 is 2.04 bits per heavy atom. The predicted octanol–water partition coefficient (Wildman–Crippen LogP) is 3.10. The fraction of sp³-hybridized carbons (Fsp3) is 0.300. The lowest BCUT2D eigenvalue weighted by atomic mass is 10.0. The zero-order chi connectivity index (χ0) is 17.2. The quantitative estimate of drug-likeness (QED) is 0.739. The van der Waals surface area contributed by atoms with Crippen LogP contribution in [0.15, 0.2) is 54.7 Å². The number of carbonyl (C=O) groups excluding carboxylic acids is 1. The maximum atomic E-state index is 13.3. The van der Waals surface area contributed by atoms with Gasteiger partial charge in [-0.05, 0) is 35.4 Å². The van der Waals surface area contributed by atoms with Crippen LogP contribution in [-0.2, 0) is 17.8 Å². The molecule has 2 heterocycles. The summed E-state index contributed by atoms with van der Waals surface area (Å²) in [4.78, 5) is 15.2. The zero-order valence-corrected chi connectivity index (χ0v) is 14.3. The smallest absolute Gasteiger partial charge is 0.254 e. The summed E-state index contributed by atoms with van der Waals surface area (Å²) in [6.45, 7) is 1.89. The molecule has 0 spiro atoms. The summed E-state index contributed by atoms with van der Waals surface area (Å²) < 4.78 is 7.36. The van der Waals surface area contributed by atoms with E-state index in [-0.39, 0.29) is 11.9 Å². The molecule has 0 saturated carbocycles. The molecule has 1 unspecified atom stereocenters. The molecule has 4 rings (SSSR count). The summed E-state index contributed by atoms with van der Waals surface area (Å²) in [6.07, 6.45) is 2.63. The highest BCUT2D eigenvalue weighted by atomic mass is 16.5. The number of benzene rings is 2. The van der Waals surface area contributed by atoms with Gasteiger partial charge in [0.2, 0.25) is 0 Å². The Balaban J connectivity index is 1.69. The molecule has 0 aliphatic carbocycles. The number of fused-ring (bicyclic) bond motifs is 2. The van der Waals surface area contributed by atoms with Crippen molar-refractivity contribution in [3.8, 4) is 0 Å². The molecule has 1 atom stereocenters. The maximum Gasteiger partial charge on any atom is 0.254 e. The molecule has 2 aromatic carbocycles. The summed E-state index contributed by atoms with van der Waals surface area (Å²) in [5.74, 6) is 0.0439. The van der Waals surface area contributed by atoms with Crippen LogP contribution in [-0.4, -0.2) is 40.3 Å². The van der Waals surface area contributed by atoms with Gasteiger partial charge in [0.1, 0.15) is 0 Å². The normalized spacial score (nSPS) is 17.3. The van der Waals surface area contributed by atoms with E-state index >= 15 is 0 Å². The minimum atomic E-state index is 0.0439. The monoisotopic (exact) mass is 335 g/mol. The van der Waals surface area contributed by atoms with Crippen LogP contribution in [0.1, 0.15) is 22.5 Å². The molecule has 1 aliphatic heterocycles. The average molecular weight is 335 g/mol. The Hall–Kier alpha value is -2.66. The van der Waals surface area contributed by atoms with Crippen molar-refractivity contribution in [2.24, 2.45) is 0 Å². The first-order valence-electron chi connectivity index (χ1n) is 8.55. The van der Waals surface area contributed by atoms with Gasteiger partial charge in [0.25, 0.3) is 5.91 Å². The van der Waals surface area contributed by atoms with Crippen molar-refractivity contribution in [1.29, 1.82) is 0 Å². The van der Waals surface area contributed by atoms with Crippen molar-refractivity contribution in [3.05, 3.63) is 66.0 Å². The second kappa shape index (κ2) is 6.69. The van der Waals surface area contributed by atoms with Crippen LogP contribution < -0.4 is 0 Å². The van der Waals surface area contributed by atoms with Gasteiger partial charge in [-0.1, -0.05) is 30.3 Å². The summed E-state index contributed by atoms with van der Waals surface area (Å²) >= 11 is 0. The molecule has 0 radical (unpaired) electrons. The lowest BCUT2D eigenvalue weighted by Gasteiger charge is -2.29. The third kappa shape index (κ3) is 3.03. The second-order valence-corrected chi connectivity index (χ2v) is 6.44. The number of ether oxygens (including phenoxy) is 1. The number of methoxy groups -OCH3 is 1. The highest BCUT2D eigenvalue weighted by molar-refractivity contribution is 5.98. The van der Waals surface area contributed by atoms with E-state index in [2.05, 4.69) is 11.2 Å². The van der Waals surface area contributed by atoms with E-state index in [0.29, 0.717) is 18.7 Å². The summed E-state index contributed by atoms with van der Waals surface area (Å²) in [5, 5.41) is 6.58. The number of nitrogens with zero attached hydrogens (tertiary/aromatic N) is 3. The first kappa shape index (κ1) is 15.8. The molecule has 0 saturated heterocycles. The van der Waals surface area contributed by atoms with Crippen LogP contribution in [0, 0.1) is 0 Å². The fourth-order valence-electron chi connectivity index (χ4n) is 3.52. The van der Waals surface area contributed by atoms with Gasteiger partial charge in [-0.15, -0.1) is 0 Å². The highest BCUT2D eigenvalue weighted by Gasteiger charge is 2.28. The third-order valence-corrected chi connectivity index (χ3v) is 4.87. The van der Waals surface area contributed by atoms with Gasteiger partial charge in [0.15, 0.2) is 0 Å². The number of aromatic nitrogens is 2. The molecular formula is C20H21N3O2. The Bertz CT molecular complexity index is 903. The summed E-state index contributed by atoms with van der Waals surface area (Å²) in [6, 6.07) is 16.0. The standard InChI is InChI=1S/C20H21N3O2/c1-25-14-19-9-11-23-18(8-10-21-23)13-22(19)20(24)17-7-6-15-4-2-3-5-16(15)12-17/h2-8,10,12,19H,9,11,13-14H2,1H3. The molecule has 0 fully saturated rings. The van der Waals surface area contributed by atoms with E-state index in [1.165, 1.54) is 0 Å². The Morgan fingerprint density at radius 3 is 2.88 bits per heavy atom. The van der Waals surface area contributed by atoms with Gasteiger partial charge >= 0.3 is 0 Å². The van der Waals surface area contributed by atoms with Crippen LogP contribution >= 0.6 is 0 Å². The molecule has 0 bridgehead atoms. The Kier molecular flexibility index (Phi) is 4.24. The molecule has 1 aliphatic rings. The van der Waals surface area contributed by atoms with Crippen molar-refractivity contribution in [3.63, 3.8) is 0 Å². The first-order valence-corrected chi connectivity index (χ1v) is 8.55. The highest BCUT2D eigenvalue weighted by Crippen LogP contribution is 2.22. The first-order chi connectivity index (χ1) is 12.3. The van der Waals surface area contributed by atoms with Crippen molar-refractivity contribution >= 4 is 16.7 Å². The predicted molar refractivity (Wildman–Crippen MR) is 96.3 cm³/mol. The molecule has 3 aromatic rings. The number of hydrogen-bond acceptors (Lipinski definition) is 3. The van der Waals surface area contributed by atoms with Gasteiger partial charge in [-0.2, -0.15) is 5.10 Å². The summed E-state index contributed by atoms with van der Waals surface area (Å²) in [5.41, 5.74) is 1.78. The lowest BCUT2D eigenvalue weighted by molar-refractivity contribution is 0.0503. The van der Waals surface area contributed by atoms with E-state index in [4.69, 9.17) is 4.74 Å². The summed E-state index contributed by atoms with van der Waals surface area (Å²) in [7, 11) is 1.68.